The number of nitrogens with zero attached hydrogens (tertiary/aromatic N) is 3. The van der Waals surface area contributed by atoms with Crippen molar-refractivity contribution in [3.05, 3.63) is 72.0 Å². The Labute approximate surface area is 148 Å². The van der Waals surface area contributed by atoms with Crippen molar-refractivity contribution >= 4 is 33.8 Å². The van der Waals surface area contributed by atoms with Crippen LogP contribution in [-0.4, -0.2) is 20.9 Å². The van der Waals surface area contributed by atoms with Crippen LogP contribution in [0.15, 0.2) is 66.3 Å². The zero-order valence-electron chi connectivity index (χ0n) is 13.2. The smallest absolute Gasteiger partial charge is 0.230 e. The second-order valence-electron chi connectivity index (χ2n) is 5.46. The number of amides is 1. The Kier molecular flexibility index (Phi) is 4.18. The standard InChI is InChI=1S/C19H14N4OS/c24-18(23-16-8-3-7-15-14(16)5-4-10-20-15)11-13-12-25-19(22-13)17-6-1-2-9-21-17/h1-10,12H,11H2,(H,23,24). The van der Waals surface area contributed by atoms with E-state index in [1.54, 1.807) is 12.4 Å². The molecule has 0 spiro atoms. The van der Waals surface area contributed by atoms with Gasteiger partial charge in [-0.25, -0.2) is 4.98 Å². The van der Waals surface area contributed by atoms with Crippen molar-refractivity contribution in [2.75, 3.05) is 5.32 Å². The molecular formula is C19H14N4OS. The second-order valence-corrected chi connectivity index (χ2v) is 6.32. The highest BCUT2D eigenvalue weighted by atomic mass is 32.1. The monoisotopic (exact) mass is 346 g/mol. The molecule has 1 N–H and O–H groups in total. The van der Waals surface area contributed by atoms with Gasteiger partial charge in [0.15, 0.2) is 0 Å². The summed E-state index contributed by atoms with van der Waals surface area (Å²) in [7, 11) is 0. The minimum absolute atomic E-state index is 0.103. The van der Waals surface area contributed by atoms with Gasteiger partial charge in [-0.3, -0.25) is 14.8 Å². The summed E-state index contributed by atoms with van der Waals surface area (Å²) >= 11 is 1.49. The molecule has 0 aliphatic heterocycles. The van der Waals surface area contributed by atoms with Crippen LogP contribution in [0.25, 0.3) is 21.6 Å². The van der Waals surface area contributed by atoms with Crippen LogP contribution in [0.4, 0.5) is 5.69 Å². The van der Waals surface area contributed by atoms with Crippen LogP contribution in [-0.2, 0) is 11.2 Å². The van der Waals surface area contributed by atoms with Crippen molar-refractivity contribution in [2.24, 2.45) is 0 Å². The quantitative estimate of drug-likeness (QED) is 0.608. The zero-order valence-corrected chi connectivity index (χ0v) is 14.0. The number of nitrogens with one attached hydrogen (secondary N) is 1. The maximum Gasteiger partial charge on any atom is 0.230 e. The van der Waals surface area contributed by atoms with E-state index >= 15 is 0 Å². The van der Waals surface area contributed by atoms with E-state index in [1.165, 1.54) is 11.3 Å². The number of hydrogen-bond donors (Lipinski definition) is 1. The summed E-state index contributed by atoms with van der Waals surface area (Å²) in [6.45, 7) is 0. The molecule has 0 saturated carbocycles. The number of thiazole rings is 1. The number of rotatable bonds is 4. The molecule has 0 aliphatic carbocycles. The first-order valence-corrected chi connectivity index (χ1v) is 8.67. The van der Waals surface area contributed by atoms with Gasteiger partial charge in [0.25, 0.3) is 0 Å². The summed E-state index contributed by atoms with van der Waals surface area (Å²) in [5.41, 5.74) is 3.17. The van der Waals surface area contributed by atoms with Gasteiger partial charge in [-0.2, -0.15) is 0 Å². The van der Waals surface area contributed by atoms with Crippen LogP contribution in [0.3, 0.4) is 0 Å². The van der Waals surface area contributed by atoms with Gasteiger partial charge in [0.1, 0.15) is 5.01 Å². The molecule has 4 rings (SSSR count). The fourth-order valence-corrected chi connectivity index (χ4v) is 3.36. The van der Waals surface area contributed by atoms with Gasteiger partial charge in [-0.15, -0.1) is 11.3 Å². The van der Waals surface area contributed by atoms with Crippen molar-refractivity contribution in [2.45, 2.75) is 6.42 Å². The molecule has 25 heavy (non-hydrogen) atoms. The number of benzene rings is 1. The lowest BCUT2D eigenvalue weighted by Crippen LogP contribution is -2.14. The molecule has 4 aromatic rings. The highest BCUT2D eigenvalue weighted by Gasteiger charge is 2.11. The molecule has 0 radical (unpaired) electrons. The summed E-state index contributed by atoms with van der Waals surface area (Å²) in [6, 6.07) is 15.2. The highest BCUT2D eigenvalue weighted by Crippen LogP contribution is 2.23. The third kappa shape index (κ3) is 3.39. The summed E-state index contributed by atoms with van der Waals surface area (Å²) in [5, 5.41) is 6.59. The van der Waals surface area contributed by atoms with Crippen LogP contribution in [0.5, 0.6) is 0 Å². The molecule has 0 fully saturated rings. The van der Waals surface area contributed by atoms with Crippen LogP contribution in [0.1, 0.15) is 5.69 Å². The Hall–Kier alpha value is -3.12. The Morgan fingerprint density at radius 3 is 2.80 bits per heavy atom. The minimum atomic E-state index is -0.103. The normalized spacial score (nSPS) is 10.7. The van der Waals surface area contributed by atoms with Crippen molar-refractivity contribution < 1.29 is 4.79 Å². The van der Waals surface area contributed by atoms with Crippen LogP contribution in [0, 0.1) is 0 Å². The number of pyridine rings is 2. The number of anilines is 1. The summed E-state index contributed by atoms with van der Waals surface area (Å²) in [4.78, 5) is 25.5. The summed E-state index contributed by atoms with van der Waals surface area (Å²) in [5.74, 6) is -0.103. The lowest BCUT2D eigenvalue weighted by molar-refractivity contribution is -0.115. The largest absolute Gasteiger partial charge is 0.325 e. The van der Waals surface area contributed by atoms with Crippen LogP contribution >= 0.6 is 11.3 Å². The van der Waals surface area contributed by atoms with Gasteiger partial charge < -0.3 is 5.32 Å². The second kappa shape index (κ2) is 6.78. The van der Waals surface area contributed by atoms with Gasteiger partial charge in [0.2, 0.25) is 5.91 Å². The average Bonchev–Trinajstić information content (AvgIpc) is 3.11. The van der Waals surface area contributed by atoms with Crippen molar-refractivity contribution in [3.8, 4) is 10.7 Å². The third-order valence-corrected chi connectivity index (χ3v) is 4.61. The predicted octanol–water partition coefficient (Wildman–Crippen LogP) is 3.93. The van der Waals surface area contributed by atoms with Crippen molar-refractivity contribution in [3.63, 3.8) is 0 Å². The molecule has 3 aromatic heterocycles. The Bertz CT molecular complexity index is 1020. The molecule has 5 nitrogen and oxygen atoms in total. The topological polar surface area (TPSA) is 67.8 Å². The molecule has 3 heterocycles. The number of carbonyl (C=O) groups is 1. The van der Waals surface area contributed by atoms with Gasteiger partial charge >= 0.3 is 0 Å². The molecule has 1 aromatic carbocycles. The van der Waals surface area contributed by atoms with E-state index < -0.39 is 0 Å². The first-order valence-electron chi connectivity index (χ1n) is 7.79. The Morgan fingerprint density at radius 2 is 1.92 bits per heavy atom. The Morgan fingerprint density at radius 1 is 1.00 bits per heavy atom. The van der Waals surface area contributed by atoms with E-state index in [-0.39, 0.29) is 12.3 Å². The van der Waals surface area contributed by atoms with Gasteiger partial charge in [0.05, 0.1) is 29.0 Å². The first kappa shape index (κ1) is 15.4. The average molecular weight is 346 g/mol. The van der Waals surface area contributed by atoms with E-state index in [2.05, 4.69) is 20.3 Å². The van der Waals surface area contributed by atoms with Crippen molar-refractivity contribution in [1.82, 2.24) is 15.0 Å². The molecule has 0 saturated heterocycles. The number of aromatic nitrogens is 3. The fraction of sp³-hybridized carbons (Fsp3) is 0.0526. The molecule has 0 bridgehead atoms. The lowest BCUT2D eigenvalue weighted by atomic mass is 10.2. The molecule has 1 amide bonds. The molecule has 6 heteroatoms. The number of hydrogen-bond acceptors (Lipinski definition) is 5. The fourth-order valence-electron chi connectivity index (χ4n) is 2.57. The summed E-state index contributed by atoms with van der Waals surface area (Å²) < 4.78 is 0. The van der Waals surface area contributed by atoms with Crippen LogP contribution in [0.2, 0.25) is 0 Å². The third-order valence-electron chi connectivity index (χ3n) is 3.70. The summed E-state index contributed by atoms with van der Waals surface area (Å²) in [6.07, 6.45) is 3.69. The van der Waals surface area contributed by atoms with Gasteiger partial charge in [-0.05, 0) is 36.4 Å². The molecule has 122 valence electrons. The van der Waals surface area contributed by atoms with E-state index in [0.717, 1.165) is 33.0 Å². The minimum Gasteiger partial charge on any atom is -0.325 e. The van der Waals surface area contributed by atoms with E-state index in [1.807, 2.05) is 53.9 Å². The van der Waals surface area contributed by atoms with Gasteiger partial charge in [-0.1, -0.05) is 12.1 Å². The number of fused-ring (bicyclic) bond motifs is 1. The van der Waals surface area contributed by atoms with Crippen molar-refractivity contribution in [1.29, 1.82) is 0 Å². The molecular weight excluding hydrogens is 332 g/mol. The maximum absolute atomic E-state index is 12.4. The lowest BCUT2D eigenvalue weighted by Gasteiger charge is -2.07. The highest BCUT2D eigenvalue weighted by molar-refractivity contribution is 7.13. The predicted molar refractivity (Wildman–Crippen MR) is 99.4 cm³/mol. The molecule has 0 aliphatic rings. The van der Waals surface area contributed by atoms with E-state index in [4.69, 9.17) is 0 Å². The zero-order chi connectivity index (χ0) is 17.1. The molecule has 0 unspecified atom stereocenters. The number of carbonyl (C=O) groups excluding carboxylic acids is 1. The van der Waals surface area contributed by atoms with E-state index in [9.17, 15) is 4.79 Å². The van der Waals surface area contributed by atoms with E-state index in [0.29, 0.717) is 0 Å². The Balaban J connectivity index is 1.50. The maximum atomic E-state index is 12.4. The SMILES string of the molecule is O=C(Cc1csc(-c2ccccn2)n1)Nc1cccc2ncccc12. The van der Waals surface area contributed by atoms with Gasteiger partial charge in [0, 0.05) is 23.2 Å². The molecule has 0 atom stereocenters. The first-order chi connectivity index (χ1) is 12.3. The van der Waals surface area contributed by atoms with Crippen LogP contribution < -0.4 is 5.32 Å².